The van der Waals surface area contributed by atoms with Gasteiger partial charge in [0.1, 0.15) is 5.00 Å². The fourth-order valence-electron chi connectivity index (χ4n) is 2.03. The van der Waals surface area contributed by atoms with Crippen LogP contribution >= 0.6 is 23.6 Å². The Hall–Kier alpha value is -1.14. The van der Waals surface area contributed by atoms with E-state index in [0.717, 1.165) is 34.8 Å². The number of thiophene rings is 1. The monoisotopic (exact) mass is 328 g/mol. The maximum absolute atomic E-state index is 12.0. The highest BCUT2D eigenvalue weighted by atomic mass is 32.1. The number of carbonyl (C=O) groups excluding carboxylic acids is 1. The number of anilines is 1. The predicted octanol–water partition coefficient (Wildman–Crippen LogP) is 3.74. The molecule has 1 rings (SSSR count). The van der Waals surface area contributed by atoms with E-state index in [1.165, 1.54) is 18.4 Å². The molecule has 0 aromatic carbocycles. The van der Waals surface area contributed by atoms with Crippen LogP contribution in [0.5, 0.6) is 0 Å². The van der Waals surface area contributed by atoms with Crippen LogP contribution in [0.2, 0.25) is 0 Å². The third-order valence-electron chi connectivity index (χ3n) is 3.19. The number of ether oxygens (including phenoxy) is 1. The molecule has 0 bridgehead atoms. The standard InChI is InChI=1S/C15H24N2O2S2/c1-6-11-10(4)21-13(12(11)14(18)19-5)17-15(20)16-8-7-9(2)3/h9H,6-8H2,1-5H3,(H2,16,17,20). The molecule has 0 aliphatic carbocycles. The van der Waals surface area contributed by atoms with Crippen molar-refractivity contribution in [2.24, 2.45) is 5.92 Å². The van der Waals surface area contributed by atoms with Gasteiger partial charge in [0.05, 0.1) is 12.7 Å². The fraction of sp³-hybridized carbons (Fsp3) is 0.600. The molecule has 4 nitrogen and oxygen atoms in total. The Kier molecular flexibility index (Phi) is 7.11. The molecule has 0 atom stereocenters. The number of esters is 1. The Morgan fingerprint density at radius 1 is 1.43 bits per heavy atom. The Balaban J connectivity index is 2.83. The summed E-state index contributed by atoms with van der Waals surface area (Å²) in [5, 5.41) is 7.61. The van der Waals surface area contributed by atoms with Gasteiger partial charge in [0.15, 0.2) is 5.11 Å². The van der Waals surface area contributed by atoms with Crippen molar-refractivity contribution in [3.8, 4) is 0 Å². The number of hydrogen-bond donors (Lipinski definition) is 2. The average molecular weight is 329 g/mol. The summed E-state index contributed by atoms with van der Waals surface area (Å²) >= 11 is 6.83. The summed E-state index contributed by atoms with van der Waals surface area (Å²) in [5.41, 5.74) is 1.63. The summed E-state index contributed by atoms with van der Waals surface area (Å²) < 4.78 is 4.89. The highest BCUT2D eigenvalue weighted by molar-refractivity contribution is 7.80. The van der Waals surface area contributed by atoms with Crippen LogP contribution < -0.4 is 10.6 Å². The van der Waals surface area contributed by atoms with Crippen molar-refractivity contribution in [2.45, 2.75) is 40.5 Å². The van der Waals surface area contributed by atoms with Gasteiger partial charge in [-0.15, -0.1) is 11.3 Å². The molecule has 0 saturated carbocycles. The van der Waals surface area contributed by atoms with Crippen LogP contribution in [0.3, 0.4) is 0 Å². The molecule has 2 N–H and O–H groups in total. The first-order valence-electron chi connectivity index (χ1n) is 7.16. The van der Waals surface area contributed by atoms with Crippen molar-refractivity contribution in [1.29, 1.82) is 0 Å². The number of carbonyl (C=O) groups is 1. The lowest BCUT2D eigenvalue weighted by Crippen LogP contribution is -2.30. The molecule has 1 heterocycles. The molecule has 0 unspecified atom stereocenters. The Bertz CT molecular complexity index is 510. The Morgan fingerprint density at radius 2 is 2.10 bits per heavy atom. The average Bonchev–Trinajstić information content (AvgIpc) is 2.72. The Labute approximate surface area is 136 Å². The lowest BCUT2D eigenvalue weighted by molar-refractivity contribution is 0.0601. The van der Waals surface area contributed by atoms with Crippen molar-refractivity contribution >= 4 is 39.6 Å². The van der Waals surface area contributed by atoms with Gasteiger partial charge in [0.25, 0.3) is 0 Å². The number of thiocarbonyl (C=S) groups is 1. The van der Waals surface area contributed by atoms with Crippen molar-refractivity contribution in [1.82, 2.24) is 5.32 Å². The molecule has 21 heavy (non-hydrogen) atoms. The summed E-state index contributed by atoms with van der Waals surface area (Å²) in [7, 11) is 1.40. The van der Waals surface area contributed by atoms with E-state index in [2.05, 4.69) is 24.5 Å². The molecule has 6 heteroatoms. The van der Waals surface area contributed by atoms with Gasteiger partial charge in [-0.3, -0.25) is 0 Å². The summed E-state index contributed by atoms with van der Waals surface area (Å²) in [6.45, 7) is 9.20. The number of rotatable bonds is 6. The maximum atomic E-state index is 12.0. The lowest BCUT2D eigenvalue weighted by Gasteiger charge is -2.11. The Morgan fingerprint density at radius 3 is 2.62 bits per heavy atom. The highest BCUT2D eigenvalue weighted by Gasteiger charge is 2.22. The van der Waals surface area contributed by atoms with Gasteiger partial charge in [-0.1, -0.05) is 20.8 Å². The molecule has 0 aliphatic rings. The number of nitrogens with one attached hydrogen (secondary N) is 2. The van der Waals surface area contributed by atoms with Gasteiger partial charge in [0, 0.05) is 11.4 Å². The van der Waals surface area contributed by atoms with Crippen LogP contribution in [0.25, 0.3) is 0 Å². The quantitative estimate of drug-likeness (QED) is 0.615. The third kappa shape index (κ3) is 4.97. The second-order valence-electron chi connectivity index (χ2n) is 5.25. The van der Waals surface area contributed by atoms with Gasteiger partial charge in [-0.2, -0.15) is 0 Å². The van der Waals surface area contributed by atoms with Crippen molar-refractivity contribution in [3.05, 3.63) is 16.0 Å². The van der Waals surface area contributed by atoms with E-state index in [4.69, 9.17) is 17.0 Å². The predicted molar refractivity (Wildman–Crippen MR) is 93.5 cm³/mol. The van der Waals surface area contributed by atoms with Gasteiger partial charge in [-0.05, 0) is 43.5 Å². The first-order valence-corrected chi connectivity index (χ1v) is 8.38. The van der Waals surface area contributed by atoms with Crippen LogP contribution in [0.1, 0.15) is 48.0 Å². The van der Waals surface area contributed by atoms with E-state index in [9.17, 15) is 4.79 Å². The van der Waals surface area contributed by atoms with E-state index in [-0.39, 0.29) is 5.97 Å². The third-order valence-corrected chi connectivity index (χ3v) is 4.50. The van der Waals surface area contributed by atoms with Gasteiger partial charge in [0.2, 0.25) is 0 Å². The zero-order valence-corrected chi connectivity index (χ0v) is 15.0. The largest absolute Gasteiger partial charge is 0.465 e. The summed E-state index contributed by atoms with van der Waals surface area (Å²) in [5.74, 6) is 0.310. The minimum absolute atomic E-state index is 0.316. The number of aryl methyl sites for hydroxylation is 1. The lowest BCUT2D eigenvalue weighted by atomic mass is 10.1. The molecular formula is C15H24N2O2S2. The van der Waals surface area contributed by atoms with Gasteiger partial charge < -0.3 is 15.4 Å². The number of hydrogen-bond acceptors (Lipinski definition) is 4. The zero-order valence-electron chi connectivity index (χ0n) is 13.3. The summed E-state index contributed by atoms with van der Waals surface area (Å²) in [6.07, 6.45) is 1.84. The van der Waals surface area contributed by atoms with Crippen LogP contribution in [-0.4, -0.2) is 24.7 Å². The van der Waals surface area contributed by atoms with Crippen LogP contribution in [-0.2, 0) is 11.2 Å². The molecule has 0 fully saturated rings. The zero-order chi connectivity index (χ0) is 16.0. The molecular weight excluding hydrogens is 304 g/mol. The highest BCUT2D eigenvalue weighted by Crippen LogP contribution is 2.33. The van der Waals surface area contributed by atoms with E-state index >= 15 is 0 Å². The molecule has 0 radical (unpaired) electrons. The molecule has 0 spiro atoms. The second-order valence-corrected chi connectivity index (χ2v) is 6.88. The van der Waals surface area contributed by atoms with Gasteiger partial charge in [-0.25, -0.2) is 4.79 Å². The topological polar surface area (TPSA) is 50.4 Å². The fourth-order valence-corrected chi connectivity index (χ4v) is 3.44. The number of methoxy groups -OCH3 is 1. The molecule has 118 valence electrons. The van der Waals surface area contributed by atoms with Crippen molar-refractivity contribution in [2.75, 3.05) is 19.0 Å². The molecule has 0 amide bonds. The minimum Gasteiger partial charge on any atom is -0.465 e. The first kappa shape index (κ1) is 17.9. The van der Waals surface area contributed by atoms with E-state index in [1.54, 1.807) is 0 Å². The summed E-state index contributed by atoms with van der Waals surface area (Å²) in [4.78, 5) is 13.1. The SMILES string of the molecule is CCc1c(C)sc(NC(=S)NCCC(C)C)c1C(=O)OC. The van der Waals surface area contributed by atoms with Crippen LogP contribution in [0.4, 0.5) is 5.00 Å². The molecule has 0 aliphatic heterocycles. The molecule has 0 saturated heterocycles. The van der Waals surface area contributed by atoms with Gasteiger partial charge >= 0.3 is 5.97 Å². The minimum atomic E-state index is -0.316. The second kappa shape index (κ2) is 8.34. The van der Waals surface area contributed by atoms with E-state index < -0.39 is 0 Å². The molecule has 1 aromatic rings. The normalized spacial score (nSPS) is 10.6. The maximum Gasteiger partial charge on any atom is 0.341 e. The smallest absolute Gasteiger partial charge is 0.341 e. The summed E-state index contributed by atoms with van der Waals surface area (Å²) in [6, 6.07) is 0. The first-order chi connectivity index (χ1) is 9.90. The van der Waals surface area contributed by atoms with Crippen molar-refractivity contribution in [3.63, 3.8) is 0 Å². The van der Waals surface area contributed by atoms with E-state index in [0.29, 0.717) is 16.6 Å². The van der Waals surface area contributed by atoms with E-state index in [1.807, 2.05) is 13.8 Å². The van der Waals surface area contributed by atoms with Crippen molar-refractivity contribution < 1.29 is 9.53 Å². The van der Waals surface area contributed by atoms with Crippen LogP contribution in [0.15, 0.2) is 0 Å². The molecule has 1 aromatic heterocycles. The van der Waals surface area contributed by atoms with Crippen LogP contribution in [0, 0.1) is 12.8 Å².